The molecular formula is C28H20N4O2S. The minimum Gasteiger partial charge on any atom is -0.265 e. The summed E-state index contributed by atoms with van der Waals surface area (Å²) >= 11 is 0. The molecule has 0 aliphatic rings. The van der Waals surface area contributed by atoms with Crippen molar-refractivity contribution in [2.45, 2.75) is 11.8 Å². The Morgan fingerprint density at radius 2 is 1.51 bits per heavy atom. The first-order chi connectivity index (χ1) is 17.0. The maximum absolute atomic E-state index is 13.6. The Kier molecular flexibility index (Phi) is 4.93. The topological polar surface area (TPSA) is 77.7 Å². The smallest absolute Gasteiger partial charge is 0.265 e. The van der Waals surface area contributed by atoms with Crippen molar-refractivity contribution in [1.29, 1.82) is 0 Å². The van der Waals surface area contributed by atoms with Crippen LogP contribution < -0.4 is 0 Å². The first-order valence-electron chi connectivity index (χ1n) is 11.1. The number of nitrogens with zero attached hydrogens (tertiary/aromatic N) is 4. The monoisotopic (exact) mass is 476 g/mol. The summed E-state index contributed by atoms with van der Waals surface area (Å²) in [6.07, 6.45) is 8.60. The second-order valence-corrected chi connectivity index (χ2v) is 10.2. The van der Waals surface area contributed by atoms with Crippen molar-refractivity contribution in [2.24, 2.45) is 0 Å². The molecule has 0 unspecified atom stereocenters. The molecule has 0 fully saturated rings. The second-order valence-electron chi connectivity index (χ2n) is 8.36. The van der Waals surface area contributed by atoms with Crippen LogP contribution in [0.5, 0.6) is 0 Å². The van der Waals surface area contributed by atoms with E-state index >= 15 is 0 Å². The van der Waals surface area contributed by atoms with Crippen LogP contribution in [0.3, 0.4) is 0 Å². The van der Waals surface area contributed by atoms with Crippen LogP contribution in [0.1, 0.15) is 5.56 Å². The molecule has 6 rings (SSSR count). The van der Waals surface area contributed by atoms with Gasteiger partial charge in [-0.05, 0) is 78.2 Å². The Bertz CT molecular complexity index is 1810. The Labute approximate surface area is 202 Å². The number of benzene rings is 2. The van der Waals surface area contributed by atoms with Gasteiger partial charge in [0.25, 0.3) is 10.0 Å². The van der Waals surface area contributed by atoms with Crippen LogP contribution in [0, 0.1) is 6.92 Å². The van der Waals surface area contributed by atoms with E-state index in [1.165, 1.54) is 3.97 Å². The van der Waals surface area contributed by atoms with Crippen LogP contribution in [0.15, 0.2) is 109 Å². The average molecular weight is 477 g/mol. The summed E-state index contributed by atoms with van der Waals surface area (Å²) in [6.45, 7) is 1.93. The molecule has 0 bridgehead atoms. The molecule has 0 saturated carbocycles. The van der Waals surface area contributed by atoms with Crippen LogP contribution in [-0.2, 0) is 10.0 Å². The van der Waals surface area contributed by atoms with Gasteiger partial charge in [0.2, 0.25) is 0 Å². The first kappa shape index (κ1) is 21.2. The number of aromatic nitrogens is 4. The Balaban J connectivity index is 1.57. The van der Waals surface area contributed by atoms with Crippen LogP contribution >= 0.6 is 0 Å². The highest BCUT2D eigenvalue weighted by atomic mass is 32.2. The SMILES string of the molecule is Cc1ccc(S(=O)(=O)n2cc(-c3ccc4nccc(-c5ccncc5)c4c3)c3cccnc32)cc1. The van der Waals surface area contributed by atoms with Crippen LogP contribution in [0.25, 0.3) is 44.2 Å². The molecule has 0 atom stereocenters. The fourth-order valence-corrected chi connectivity index (χ4v) is 5.69. The van der Waals surface area contributed by atoms with Crippen LogP contribution in [0.2, 0.25) is 0 Å². The lowest BCUT2D eigenvalue weighted by atomic mass is 9.98. The van der Waals surface area contributed by atoms with Gasteiger partial charge in [0.15, 0.2) is 5.65 Å². The van der Waals surface area contributed by atoms with Gasteiger partial charge in [-0.3, -0.25) is 9.97 Å². The van der Waals surface area contributed by atoms with Crippen molar-refractivity contribution in [1.82, 2.24) is 18.9 Å². The van der Waals surface area contributed by atoms with Gasteiger partial charge in [0.05, 0.1) is 10.4 Å². The molecule has 0 spiro atoms. The van der Waals surface area contributed by atoms with E-state index in [1.807, 2.05) is 49.4 Å². The summed E-state index contributed by atoms with van der Waals surface area (Å²) in [5, 5.41) is 1.74. The summed E-state index contributed by atoms with van der Waals surface area (Å²) < 4.78 is 28.4. The van der Waals surface area contributed by atoms with E-state index in [0.717, 1.165) is 44.1 Å². The Hall–Kier alpha value is -4.36. The van der Waals surface area contributed by atoms with Crippen molar-refractivity contribution in [3.8, 4) is 22.3 Å². The highest BCUT2D eigenvalue weighted by Gasteiger charge is 2.23. The van der Waals surface area contributed by atoms with Gasteiger partial charge >= 0.3 is 0 Å². The molecule has 0 amide bonds. The minimum absolute atomic E-state index is 0.222. The quantitative estimate of drug-likeness (QED) is 0.319. The van der Waals surface area contributed by atoms with Crippen LogP contribution in [-0.4, -0.2) is 27.3 Å². The van der Waals surface area contributed by atoms with Gasteiger partial charge in [-0.25, -0.2) is 17.4 Å². The first-order valence-corrected chi connectivity index (χ1v) is 12.5. The number of hydrogen-bond acceptors (Lipinski definition) is 5. The predicted octanol–water partition coefficient (Wildman–Crippen LogP) is 5.86. The minimum atomic E-state index is -3.83. The largest absolute Gasteiger partial charge is 0.269 e. The lowest BCUT2D eigenvalue weighted by Crippen LogP contribution is -2.12. The van der Waals surface area contributed by atoms with Gasteiger partial charge in [-0.2, -0.15) is 0 Å². The van der Waals surface area contributed by atoms with E-state index in [4.69, 9.17) is 0 Å². The fraction of sp³-hybridized carbons (Fsp3) is 0.0357. The second kappa shape index (κ2) is 8.14. The Morgan fingerprint density at radius 3 is 2.31 bits per heavy atom. The molecule has 4 aromatic heterocycles. The van der Waals surface area contributed by atoms with Gasteiger partial charge in [0.1, 0.15) is 0 Å². The summed E-state index contributed by atoms with van der Waals surface area (Å²) in [4.78, 5) is 13.3. The zero-order valence-corrected chi connectivity index (χ0v) is 19.6. The summed E-state index contributed by atoms with van der Waals surface area (Å²) in [6, 6.07) is 22.5. The fourth-order valence-electron chi connectivity index (χ4n) is 4.36. The van der Waals surface area contributed by atoms with Gasteiger partial charge in [-0.15, -0.1) is 0 Å². The highest BCUT2D eigenvalue weighted by Crippen LogP contribution is 2.35. The van der Waals surface area contributed by atoms with E-state index in [-0.39, 0.29) is 4.90 Å². The van der Waals surface area contributed by atoms with E-state index in [9.17, 15) is 8.42 Å². The standard InChI is InChI=1S/C28H20N4O2S/c1-19-4-7-22(8-5-19)35(33,34)32-18-26(24-3-2-13-31-28(24)32)21-6-9-27-25(17-21)23(12-16-30-27)20-10-14-29-15-11-20/h2-18H,1H3. The molecule has 0 N–H and O–H groups in total. The Morgan fingerprint density at radius 1 is 0.714 bits per heavy atom. The number of rotatable bonds is 4. The lowest BCUT2D eigenvalue weighted by Gasteiger charge is -2.08. The third kappa shape index (κ3) is 3.57. The maximum Gasteiger partial charge on any atom is 0.269 e. The third-order valence-corrected chi connectivity index (χ3v) is 7.82. The molecular weight excluding hydrogens is 456 g/mol. The summed E-state index contributed by atoms with van der Waals surface area (Å²) in [5.74, 6) is 0. The molecule has 0 aliphatic heterocycles. The summed E-state index contributed by atoms with van der Waals surface area (Å²) in [7, 11) is -3.83. The predicted molar refractivity (Wildman–Crippen MR) is 137 cm³/mol. The van der Waals surface area contributed by atoms with E-state index < -0.39 is 10.0 Å². The zero-order valence-electron chi connectivity index (χ0n) is 18.8. The maximum atomic E-state index is 13.6. The number of aryl methyl sites for hydroxylation is 1. The molecule has 0 aliphatic carbocycles. The molecule has 0 radical (unpaired) electrons. The van der Waals surface area contributed by atoms with Gasteiger partial charge in [-0.1, -0.05) is 23.8 Å². The molecule has 0 saturated heterocycles. The lowest BCUT2D eigenvalue weighted by molar-refractivity contribution is 0.589. The van der Waals surface area contributed by atoms with E-state index in [1.54, 1.807) is 55.2 Å². The zero-order chi connectivity index (χ0) is 24.0. The molecule has 4 heterocycles. The van der Waals surface area contributed by atoms with Crippen LogP contribution in [0.4, 0.5) is 0 Å². The molecule has 7 heteroatoms. The van der Waals surface area contributed by atoms with E-state index in [0.29, 0.717) is 5.65 Å². The highest BCUT2D eigenvalue weighted by molar-refractivity contribution is 7.90. The molecule has 6 nitrogen and oxygen atoms in total. The average Bonchev–Trinajstić information content (AvgIpc) is 3.29. The van der Waals surface area contributed by atoms with E-state index in [2.05, 4.69) is 21.0 Å². The van der Waals surface area contributed by atoms with Crippen molar-refractivity contribution < 1.29 is 8.42 Å². The van der Waals surface area contributed by atoms with Crippen molar-refractivity contribution in [3.63, 3.8) is 0 Å². The molecule has 170 valence electrons. The van der Waals surface area contributed by atoms with Crippen molar-refractivity contribution in [2.75, 3.05) is 0 Å². The number of fused-ring (bicyclic) bond motifs is 2. The molecule has 6 aromatic rings. The normalized spacial score (nSPS) is 11.8. The number of pyridine rings is 3. The van der Waals surface area contributed by atoms with Crippen molar-refractivity contribution >= 4 is 32.0 Å². The molecule has 2 aromatic carbocycles. The van der Waals surface area contributed by atoms with Gasteiger partial charge in [0, 0.05) is 47.3 Å². The number of hydrogen-bond donors (Lipinski definition) is 0. The van der Waals surface area contributed by atoms with Gasteiger partial charge < -0.3 is 0 Å². The molecule has 35 heavy (non-hydrogen) atoms. The van der Waals surface area contributed by atoms with Crippen molar-refractivity contribution in [3.05, 3.63) is 109 Å². The third-order valence-electron chi connectivity index (χ3n) is 6.15. The summed E-state index contributed by atoms with van der Waals surface area (Å²) in [5.41, 5.74) is 5.99.